The minimum Gasteiger partial charge on any atom is -0.382 e. The highest BCUT2D eigenvalue weighted by atomic mass is 19.4. The second kappa shape index (κ2) is 35.9. The first-order chi connectivity index (χ1) is 50.3. The van der Waals surface area contributed by atoms with Crippen molar-refractivity contribution in [1.82, 2.24) is 60.0 Å². The molecule has 7 rings (SSSR count). The fourth-order valence-corrected chi connectivity index (χ4v) is 17.5. The molecule has 0 radical (unpaired) electrons. The number of hydrogen-bond donors (Lipinski definition) is 3. The summed E-state index contributed by atoms with van der Waals surface area (Å²) < 4.78 is 121. The molecule has 7 aliphatic rings. The molecule has 2 spiro atoms. The Hall–Kier alpha value is -7.22. The van der Waals surface area contributed by atoms with Crippen LogP contribution in [0.5, 0.6) is 0 Å². The van der Waals surface area contributed by atoms with E-state index in [0.29, 0.717) is 32.1 Å². The smallest absolute Gasteiger partial charge is 0.382 e. The summed E-state index contributed by atoms with van der Waals surface area (Å²) in [5, 5.41) is 8.43. The van der Waals surface area contributed by atoms with Crippen LogP contribution in [0, 0.1) is 46.3 Å². The number of hydrogen-bond acceptors (Lipinski definition) is 13. The van der Waals surface area contributed by atoms with Gasteiger partial charge in [-0.3, -0.25) is 57.5 Å². The van der Waals surface area contributed by atoms with E-state index in [-0.39, 0.29) is 83.7 Å². The monoisotopic (exact) mass is 1540 g/mol. The number of halogens is 8. The number of nitrogens with zero attached hydrogens (tertiary/aromatic N) is 9. The number of likely N-dealkylation sites (N-methyl/N-ethyl adjacent to an activating group) is 7. The molecule has 12 amide bonds. The lowest BCUT2D eigenvalue weighted by Gasteiger charge is -2.54. The van der Waals surface area contributed by atoms with Gasteiger partial charge in [-0.2, -0.15) is 26.3 Å². The summed E-state index contributed by atoms with van der Waals surface area (Å²) in [6.45, 7) is 8.57. The molecule has 0 aromatic heterocycles. The van der Waals surface area contributed by atoms with Crippen LogP contribution >= 0.6 is 0 Å². The Labute approximate surface area is 629 Å². The van der Waals surface area contributed by atoms with Crippen molar-refractivity contribution < 1.29 is 97.4 Å². The number of methoxy groups -OCH3 is 1. The number of rotatable bonds is 13. The Morgan fingerprint density at radius 1 is 0.657 bits per heavy atom. The summed E-state index contributed by atoms with van der Waals surface area (Å²) in [6.07, 6.45) is -13.2. The van der Waals surface area contributed by atoms with E-state index in [0.717, 1.165) is 24.5 Å². The lowest BCUT2D eigenvalue weighted by Crippen LogP contribution is -2.71. The van der Waals surface area contributed by atoms with Gasteiger partial charge in [0.25, 0.3) is 0 Å². The Bertz CT molecular complexity index is 3290. The van der Waals surface area contributed by atoms with Gasteiger partial charge in [0, 0.05) is 76.6 Å². The SMILES string of the molecule is CCC(CC)[C@H]1C(=O)N(C)[C@H](C(=O)N(C)C)CC(=O)N(C)[C@@H](COC)C(=O)N[C@@H]([C@@H](C)CC)C(=O)N(C)CC(=O)N(C)[C@H]2C/C=C\CCN(C2=O)[C@@H](CC2CCC(C(F)(F)F)CC2)C(=O)N(C)CC(=O)N[C@@H](CCC2CC(F)C(C(F)(F)F)C(F)C2)C(=O)N2CC3(CC3)C[C@H]2C(=O)NC2(CC(C)(C)C2)C(=O)N1C. The summed E-state index contributed by atoms with van der Waals surface area (Å²) in [5.74, 6) is -17.1. The third-order valence-corrected chi connectivity index (χ3v) is 24.3. The first-order valence-corrected chi connectivity index (χ1v) is 38.2. The van der Waals surface area contributed by atoms with Crippen LogP contribution in [0.25, 0.3) is 0 Å². The van der Waals surface area contributed by atoms with Crippen molar-refractivity contribution in [3.63, 3.8) is 0 Å². The summed E-state index contributed by atoms with van der Waals surface area (Å²) in [5.41, 5.74) is -2.96. The van der Waals surface area contributed by atoms with E-state index in [4.69, 9.17) is 4.74 Å². The van der Waals surface area contributed by atoms with Gasteiger partial charge >= 0.3 is 12.4 Å². The van der Waals surface area contributed by atoms with E-state index in [2.05, 4.69) is 16.0 Å². The standard InChI is InChI=1S/C75H116F8N12O13/c1-16-43(4)60-68(105)89(10)38-58(98)90(11)51-22-20-19-21-31-94(67(51)104)53(34-44-23-26-47(27-24-44)74(78,79)80)66(103)88(9)37-56(96)84-50(28-25-45-32-48(76)59(49(77)33-45)75(81,82)83)64(101)95-42-72(29-30-72)36-54(95)63(100)86-73(40-71(5,6)41-73)70(107)93(14)61(46(17-2)18-3)69(106)92(13)52(65(102)87(7)8)35-57(97)91(12)55(39-108-15)62(99)85-60/h19-20,43-55,59-61H,16-18,21-42H2,1-15H3,(H,84,96)(H,85,99)(H,86,100)/b20-19-/t43-,44?,45?,47?,48?,49?,50-,51-,52-,53-,54-,55-,59?,60-,61-/m0/s1. The molecule has 0 aromatic carbocycles. The molecule has 2 saturated heterocycles. The highest BCUT2D eigenvalue weighted by Gasteiger charge is 2.62. The molecule has 6 fully saturated rings. The lowest BCUT2D eigenvalue weighted by atomic mass is 9.58. The van der Waals surface area contributed by atoms with Crippen LogP contribution in [0.15, 0.2) is 12.2 Å². The maximum Gasteiger partial charge on any atom is 0.397 e. The Morgan fingerprint density at radius 3 is 1.80 bits per heavy atom. The molecule has 0 aromatic rings. The van der Waals surface area contributed by atoms with E-state index in [1.807, 2.05) is 13.8 Å². The Morgan fingerprint density at radius 2 is 1.26 bits per heavy atom. The molecule has 3 aliphatic heterocycles. The molecule has 2 bridgehead atoms. The van der Waals surface area contributed by atoms with E-state index in [1.54, 1.807) is 39.8 Å². The van der Waals surface area contributed by atoms with Crippen molar-refractivity contribution >= 4 is 70.9 Å². The molecule has 25 nitrogen and oxygen atoms in total. The molecule has 4 aliphatic carbocycles. The van der Waals surface area contributed by atoms with Crippen LogP contribution in [0.4, 0.5) is 35.1 Å². The number of fused-ring (bicyclic) bond motifs is 3. The maximum absolute atomic E-state index is 15.7. The predicted octanol–water partition coefficient (Wildman–Crippen LogP) is 6.21. The minimum absolute atomic E-state index is 0.00340. The van der Waals surface area contributed by atoms with Crippen molar-refractivity contribution in [2.24, 2.45) is 46.3 Å². The van der Waals surface area contributed by atoms with Gasteiger partial charge in [-0.15, -0.1) is 0 Å². The van der Waals surface area contributed by atoms with Crippen molar-refractivity contribution in [3.8, 4) is 0 Å². The van der Waals surface area contributed by atoms with Crippen LogP contribution in [-0.2, 0) is 62.3 Å². The van der Waals surface area contributed by atoms with Crippen molar-refractivity contribution in [3.05, 3.63) is 12.2 Å². The van der Waals surface area contributed by atoms with Crippen molar-refractivity contribution in [2.75, 3.05) is 96.3 Å². The van der Waals surface area contributed by atoms with Gasteiger partial charge in [0.15, 0.2) is 0 Å². The van der Waals surface area contributed by atoms with Gasteiger partial charge in [0.2, 0.25) is 70.9 Å². The third-order valence-electron chi connectivity index (χ3n) is 24.3. The average molecular weight is 1550 g/mol. The predicted molar refractivity (Wildman–Crippen MR) is 381 cm³/mol. The number of carbonyl (C=O) groups excluding carboxylic acids is 12. The molecule has 3 N–H and O–H groups in total. The topological polar surface area (TPSA) is 279 Å². The van der Waals surface area contributed by atoms with E-state index < -0.39 is 241 Å². The van der Waals surface area contributed by atoms with E-state index in [9.17, 15) is 55.1 Å². The van der Waals surface area contributed by atoms with Crippen LogP contribution < -0.4 is 16.0 Å². The van der Waals surface area contributed by atoms with Gasteiger partial charge in [0.05, 0.1) is 32.0 Å². The van der Waals surface area contributed by atoms with Crippen LogP contribution in [0.2, 0.25) is 0 Å². The highest BCUT2D eigenvalue weighted by molar-refractivity contribution is 6.01. The molecule has 108 heavy (non-hydrogen) atoms. The number of nitrogens with one attached hydrogen (secondary N) is 3. The molecule has 11 atom stereocenters. The van der Waals surface area contributed by atoms with E-state index in [1.165, 1.54) is 83.1 Å². The summed E-state index contributed by atoms with van der Waals surface area (Å²) >= 11 is 0. The van der Waals surface area contributed by atoms with Crippen LogP contribution in [0.3, 0.4) is 0 Å². The Kier molecular flexibility index (Phi) is 29.2. The molecule has 3 heterocycles. The number of carbonyl (C=O) groups is 12. The fourth-order valence-electron chi connectivity index (χ4n) is 17.5. The average Bonchev–Trinajstić information content (AvgIpc) is 1.54. The van der Waals surface area contributed by atoms with Gasteiger partial charge < -0.3 is 64.8 Å². The molecule has 610 valence electrons. The molecule has 4 saturated carbocycles. The molecular weight excluding hydrogens is 1430 g/mol. The maximum atomic E-state index is 15.7. The largest absolute Gasteiger partial charge is 0.397 e. The zero-order valence-corrected chi connectivity index (χ0v) is 65.4. The summed E-state index contributed by atoms with van der Waals surface area (Å²) in [7, 11) is 11.9. The number of alkyl halides is 8. The van der Waals surface area contributed by atoms with Crippen molar-refractivity contribution in [2.45, 2.75) is 249 Å². The quantitative estimate of drug-likeness (QED) is 0.137. The first-order valence-electron chi connectivity index (χ1n) is 38.2. The lowest BCUT2D eigenvalue weighted by molar-refractivity contribution is -0.219. The molecule has 33 heteroatoms. The second-order valence-electron chi connectivity index (χ2n) is 33.0. The van der Waals surface area contributed by atoms with Crippen molar-refractivity contribution in [1.29, 1.82) is 0 Å². The number of amides is 12. The first kappa shape index (κ1) is 88.0. The zero-order valence-electron chi connectivity index (χ0n) is 65.4. The van der Waals surface area contributed by atoms with Gasteiger partial charge in [0.1, 0.15) is 72.1 Å². The van der Waals surface area contributed by atoms with Gasteiger partial charge in [-0.1, -0.05) is 73.0 Å². The second-order valence-corrected chi connectivity index (χ2v) is 33.0. The number of ether oxygens (including phenoxy) is 1. The summed E-state index contributed by atoms with van der Waals surface area (Å²) in [6, 6.07) is -11.6. The zero-order chi connectivity index (χ0) is 80.8. The van der Waals surface area contributed by atoms with Crippen LogP contribution in [-0.4, -0.2) is 290 Å². The molecule has 2 unspecified atom stereocenters. The van der Waals surface area contributed by atoms with Gasteiger partial charge in [-0.25, -0.2) is 8.78 Å². The van der Waals surface area contributed by atoms with Gasteiger partial charge in [-0.05, 0) is 137 Å². The normalized spacial score (nSPS) is 31.8. The Balaban J connectivity index is 1.33. The third kappa shape index (κ3) is 20.5. The molecular formula is C75H116F8N12O13. The van der Waals surface area contributed by atoms with E-state index >= 15 is 37.5 Å². The van der Waals surface area contributed by atoms with Crippen LogP contribution in [0.1, 0.15) is 170 Å². The minimum atomic E-state index is -5.21. The fraction of sp³-hybridized carbons (Fsp3) is 0.813. The summed E-state index contributed by atoms with van der Waals surface area (Å²) in [4.78, 5) is 191. The highest BCUT2D eigenvalue weighted by Crippen LogP contribution is 2.56.